The van der Waals surface area contributed by atoms with Crippen molar-refractivity contribution in [3.8, 4) is 17.2 Å². The summed E-state index contributed by atoms with van der Waals surface area (Å²) < 4.78 is 12.9. The Morgan fingerprint density at radius 1 is 1.06 bits per heavy atom. The summed E-state index contributed by atoms with van der Waals surface area (Å²) in [5.74, 6) is 2.24. The second-order valence-electron chi connectivity index (χ2n) is 14.1. The predicted molar refractivity (Wildman–Crippen MR) is 187 cm³/mol. The van der Waals surface area contributed by atoms with E-state index in [-0.39, 0.29) is 41.0 Å². The third-order valence-corrected chi connectivity index (χ3v) is 11.6. The molecule has 1 saturated carbocycles. The van der Waals surface area contributed by atoms with Crippen molar-refractivity contribution in [2.75, 3.05) is 26.7 Å². The van der Waals surface area contributed by atoms with Crippen LogP contribution in [-0.2, 0) is 23.1 Å². The van der Waals surface area contributed by atoms with Crippen molar-refractivity contribution in [2.45, 2.75) is 87.8 Å². The molecule has 0 unspecified atom stereocenters. The summed E-state index contributed by atoms with van der Waals surface area (Å²) in [6, 6.07) is 21.8. The second kappa shape index (κ2) is 13.8. The molecule has 3 aromatic rings. The minimum Gasteiger partial charge on any atom is -0.508 e. The number of amides is 1. The molecule has 48 heavy (non-hydrogen) atoms. The number of nitrogens with zero attached hydrogens (tertiary/aromatic N) is 2. The van der Waals surface area contributed by atoms with Gasteiger partial charge in [0, 0.05) is 60.1 Å². The average Bonchev–Trinajstić information content (AvgIpc) is 3.46. The summed E-state index contributed by atoms with van der Waals surface area (Å²) in [5.41, 5.74) is 3.82. The van der Waals surface area contributed by atoms with Crippen LogP contribution >= 0.6 is 0 Å². The predicted octanol–water partition coefficient (Wildman–Crippen LogP) is 6.90. The van der Waals surface area contributed by atoms with Crippen molar-refractivity contribution in [2.24, 2.45) is 5.92 Å². The van der Waals surface area contributed by atoms with Gasteiger partial charge in [-0.2, -0.15) is 0 Å². The first-order chi connectivity index (χ1) is 23.5. The highest BCUT2D eigenvalue weighted by Crippen LogP contribution is 2.65. The van der Waals surface area contributed by atoms with E-state index in [4.69, 9.17) is 9.47 Å². The zero-order valence-electron chi connectivity index (χ0n) is 28.1. The molecule has 2 fully saturated rings. The molecular formula is C41H48N2O5. The SMILES string of the molecule is C=CCN1CC[C@]23c4c5c(O)cc(OC)c4O[C@H]2[C@H](N(CCCc2ccccc2)C(=O)CCCCC(=O)c2ccccc2)CC[C@H]3[C@H]1C5. The van der Waals surface area contributed by atoms with Gasteiger partial charge in [0.15, 0.2) is 17.3 Å². The fraction of sp³-hybridized carbons (Fsp3) is 0.463. The minimum absolute atomic E-state index is 0.0905. The molecule has 0 radical (unpaired) electrons. The van der Waals surface area contributed by atoms with Crippen LogP contribution in [0, 0.1) is 5.92 Å². The van der Waals surface area contributed by atoms with Gasteiger partial charge in [-0.3, -0.25) is 14.5 Å². The number of ketones is 1. The van der Waals surface area contributed by atoms with Crippen molar-refractivity contribution in [3.05, 3.63) is 102 Å². The number of unbranched alkanes of at least 4 members (excludes halogenated alkanes) is 1. The molecule has 5 atom stereocenters. The van der Waals surface area contributed by atoms with E-state index >= 15 is 0 Å². The Labute approximate surface area is 284 Å². The van der Waals surface area contributed by atoms with E-state index in [2.05, 4.69) is 40.6 Å². The summed E-state index contributed by atoms with van der Waals surface area (Å²) >= 11 is 0. The van der Waals surface area contributed by atoms with Crippen molar-refractivity contribution in [1.82, 2.24) is 9.80 Å². The van der Waals surface area contributed by atoms with E-state index in [9.17, 15) is 14.7 Å². The van der Waals surface area contributed by atoms with Crippen LogP contribution in [0.5, 0.6) is 17.2 Å². The summed E-state index contributed by atoms with van der Waals surface area (Å²) in [6.07, 6.45) is 9.28. The number of hydrogen-bond acceptors (Lipinski definition) is 6. The minimum atomic E-state index is -0.291. The molecule has 7 heteroatoms. The first-order valence-electron chi connectivity index (χ1n) is 17.8. The first kappa shape index (κ1) is 32.4. The van der Waals surface area contributed by atoms with Gasteiger partial charge in [-0.25, -0.2) is 0 Å². The monoisotopic (exact) mass is 648 g/mol. The molecule has 252 valence electrons. The highest BCUT2D eigenvalue weighted by Gasteiger charge is 2.67. The molecule has 2 aliphatic carbocycles. The standard InChI is InChI=1S/C41H48N2O5/c1-3-23-42-25-22-41-31-20-21-32(40(41)48-39-36(47-2)27-35(45)30(38(39)41)26-33(31)42)43(24-12-15-28-13-6-4-7-14-28)37(46)19-11-10-18-34(44)29-16-8-5-9-17-29/h3-9,13-14,16-17,27,31-33,40,45H,1,10-12,15,18-26H2,2H3/t31-,32+,33+,40-,41-/m0/s1. The molecule has 3 aromatic carbocycles. The van der Waals surface area contributed by atoms with Gasteiger partial charge in [0.05, 0.1) is 13.2 Å². The van der Waals surface area contributed by atoms with E-state index < -0.39 is 0 Å². The number of benzene rings is 3. The number of aromatic hydroxyl groups is 1. The third-order valence-electron chi connectivity index (χ3n) is 11.6. The summed E-state index contributed by atoms with van der Waals surface area (Å²) in [4.78, 5) is 31.7. The van der Waals surface area contributed by atoms with Crippen LogP contribution in [0.4, 0.5) is 0 Å². The third kappa shape index (κ3) is 5.70. The molecule has 4 aliphatic rings. The number of ether oxygens (including phenoxy) is 2. The summed E-state index contributed by atoms with van der Waals surface area (Å²) in [6.45, 7) is 6.44. The maximum atomic E-state index is 14.3. The normalized spacial score (nSPS) is 25.1. The summed E-state index contributed by atoms with van der Waals surface area (Å²) in [5, 5.41) is 11.3. The number of carbonyl (C=O) groups is 2. The number of phenols is 1. The lowest BCUT2D eigenvalue weighted by Crippen LogP contribution is -2.69. The van der Waals surface area contributed by atoms with Gasteiger partial charge in [-0.05, 0) is 69.4 Å². The van der Waals surface area contributed by atoms with E-state index in [1.165, 1.54) is 5.56 Å². The van der Waals surface area contributed by atoms with Gasteiger partial charge in [-0.1, -0.05) is 66.7 Å². The highest BCUT2D eigenvalue weighted by molar-refractivity contribution is 5.96. The molecule has 1 amide bonds. The van der Waals surface area contributed by atoms with E-state index in [0.29, 0.717) is 43.9 Å². The zero-order chi connectivity index (χ0) is 33.3. The van der Waals surface area contributed by atoms with E-state index in [0.717, 1.165) is 74.1 Å². The number of methoxy groups -OCH3 is 1. The van der Waals surface area contributed by atoms with Crippen molar-refractivity contribution in [1.29, 1.82) is 0 Å². The topological polar surface area (TPSA) is 79.3 Å². The molecule has 2 aliphatic heterocycles. The van der Waals surface area contributed by atoms with Crippen molar-refractivity contribution < 1.29 is 24.2 Å². The number of rotatable bonds is 14. The number of aryl methyl sites for hydroxylation is 1. The molecule has 1 spiro atoms. The largest absolute Gasteiger partial charge is 0.508 e. The molecular weight excluding hydrogens is 600 g/mol. The van der Waals surface area contributed by atoms with E-state index in [1.54, 1.807) is 13.2 Å². The van der Waals surface area contributed by atoms with Gasteiger partial charge < -0.3 is 19.5 Å². The Bertz CT molecular complexity index is 1640. The maximum Gasteiger partial charge on any atom is 0.222 e. The molecule has 7 nitrogen and oxygen atoms in total. The summed E-state index contributed by atoms with van der Waals surface area (Å²) in [7, 11) is 1.63. The van der Waals surface area contributed by atoms with Crippen LogP contribution < -0.4 is 9.47 Å². The van der Waals surface area contributed by atoms with Gasteiger partial charge in [0.1, 0.15) is 11.9 Å². The van der Waals surface area contributed by atoms with Crippen LogP contribution in [0.3, 0.4) is 0 Å². The first-order valence-corrected chi connectivity index (χ1v) is 17.8. The number of hydrogen-bond donors (Lipinski definition) is 1. The number of likely N-dealkylation sites (tertiary alicyclic amines) is 1. The highest BCUT2D eigenvalue weighted by atomic mass is 16.5. The van der Waals surface area contributed by atoms with Gasteiger partial charge in [0.2, 0.25) is 5.91 Å². The lowest BCUT2D eigenvalue weighted by molar-refractivity contribution is -0.142. The van der Waals surface area contributed by atoms with Crippen LogP contribution in [-0.4, -0.2) is 71.5 Å². The zero-order valence-corrected chi connectivity index (χ0v) is 28.1. The number of carbonyl (C=O) groups excluding carboxylic acids is 2. The number of Topliss-reactive ketones (excluding diaryl/α,β-unsaturated/α-hetero) is 1. The second-order valence-corrected chi connectivity index (χ2v) is 14.1. The lowest BCUT2D eigenvalue weighted by Gasteiger charge is -2.60. The fourth-order valence-corrected chi connectivity index (χ4v) is 9.56. The Kier molecular flexibility index (Phi) is 9.32. The molecule has 0 aromatic heterocycles. The molecule has 1 saturated heterocycles. The van der Waals surface area contributed by atoms with Crippen molar-refractivity contribution in [3.63, 3.8) is 0 Å². The number of piperidine rings is 1. The molecule has 7 rings (SSSR count). The van der Waals surface area contributed by atoms with Crippen molar-refractivity contribution >= 4 is 11.7 Å². The number of phenolic OH excluding ortho intramolecular Hbond substituents is 1. The lowest BCUT2D eigenvalue weighted by atomic mass is 9.50. The Hall–Kier alpha value is -4.10. The Morgan fingerprint density at radius 2 is 1.81 bits per heavy atom. The van der Waals surface area contributed by atoms with Crippen LogP contribution in [0.1, 0.15) is 78.4 Å². The van der Waals surface area contributed by atoms with Crippen LogP contribution in [0.2, 0.25) is 0 Å². The van der Waals surface area contributed by atoms with Crippen LogP contribution in [0.15, 0.2) is 79.4 Å². The van der Waals surface area contributed by atoms with E-state index in [1.807, 2.05) is 42.5 Å². The Balaban J connectivity index is 1.16. The molecule has 1 N–H and O–H groups in total. The van der Waals surface area contributed by atoms with Crippen LogP contribution in [0.25, 0.3) is 0 Å². The maximum absolute atomic E-state index is 14.3. The van der Waals surface area contributed by atoms with Gasteiger partial charge >= 0.3 is 0 Å². The molecule has 2 bridgehead atoms. The van der Waals surface area contributed by atoms with Gasteiger partial charge in [0.25, 0.3) is 0 Å². The quantitative estimate of drug-likeness (QED) is 0.116. The van der Waals surface area contributed by atoms with Gasteiger partial charge in [-0.15, -0.1) is 6.58 Å². The fourth-order valence-electron chi connectivity index (χ4n) is 9.56. The smallest absolute Gasteiger partial charge is 0.222 e. The molecule has 2 heterocycles. The average molecular weight is 649 g/mol. The Morgan fingerprint density at radius 3 is 2.56 bits per heavy atom.